The molecule has 1 aliphatic rings. The molecule has 1 aliphatic carbocycles. The largest absolute Gasteiger partial charge is 0.457 e. The van der Waals surface area contributed by atoms with Gasteiger partial charge in [0.1, 0.15) is 16.4 Å². The zero-order valence-corrected chi connectivity index (χ0v) is 17.5. The van der Waals surface area contributed by atoms with E-state index in [-0.39, 0.29) is 12.5 Å². The van der Waals surface area contributed by atoms with Gasteiger partial charge in [-0.05, 0) is 73.2 Å². The van der Waals surface area contributed by atoms with Gasteiger partial charge in [0.25, 0.3) is 5.91 Å². The maximum Gasteiger partial charge on any atom is 0.348 e. The minimum Gasteiger partial charge on any atom is -0.457 e. The Morgan fingerprint density at radius 3 is 2.57 bits per heavy atom. The molecule has 0 aliphatic heterocycles. The number of aryl methyl sites for hydroxylation is 1. The first kappa shape index (κ1) is 20.2. The van der Waals surface area contributed by atoms with Crippen molar-refractivity contribution in [2.45, 2.75) is 26.2 Å². The van der Waals surface area contributed by atoms with Gasteiger partial charge >= 0.3 is 5.97 Å². The zero-order valence-electron chi connectivity index (χ0n) is 16.7. The first-order valence-electron chi connectivity index (χ1n) is 9.98. The standard InChI is InChI=1S/C24H23NO4S/c1-16-7-12-21-17(13-16)14-22(30-21)24(27)28-15-23(26)25-18-8-10-20(11-9-18)29-19-5-3-2-4-6-19/h2-6,8-11,14,16H,7,12-13,15H2,1H3,(H,25,26)/t16-/m0/s1. The minimum atomic E-state index is -0.441. The van der Waals surface area contributed by atoms with Crippen LogP contribution in [0.15, 0.2) is 60.7 Å². The van der Waals surface area contributed by atoms with Gasteiger partial charge in [-0.3, -0.25) is 4.79 Å². The smallest absolute Gasteiger partial charge is 0.348 e. The van der Waals surface area contributed by atoms with Crippen LogP contribution in [-0.4, -0.2) is 18.5 Å². The number of ether oxygens (including phenoxy) is 2. The number of esters is 1. The highest BCUT2D eigenvalue weighted by atomic mass is 32.1. The molecule has 4 rings (SSSR count). The van der Waals surface area contributed by atoms with Gasteiger partial charge in [0, 0.05) is 10.6 Å². The highest BCUT2D eigenvalue weighted by Gasteiger charge is 2.21. The molecule has 0 bridgehead atoms. The Morgan fingerprint density at radius 1 is 1.07 bits per heavy atom. The molecule has 2 aromatic carbocycles. The van der Waals surface area contributed by atoms with Crippen LogP contribution in [0.3, 0.4) is 0 Å². The number of hydrogen-bond acceptors (Lipinski definition) is 5. The summed E-state index contributed by atoms with van der Waals surface area (Å²) in [5.74, 6) is 1.23. The van der Waals surface area contributed by atoms with E-state index in [1.54, 1.807) is 24.3 Å². The summed E-state index contributed by atoms with van der Waals surface area (Å²) in [5.41, 5.74) is 1.85. The molecule has 0 unspecified atom stereocenters. The second kappa shape index (κ2) is 9.13. The molecule has 0 fully saturated rings. The zero-order chi connectivity index (χ0) is 20.9. The number of benzene rings is 2. The van der Waals surface area contributed by atoms with Crippen LogP contribution in [0.2, 0.25) is 0 Å². The van der Waals surface area contributed by atoms with Gasteiger partial charge in [-0.25, -0.2) is 4.79 Å². The van der Waals surface area contributed by atoms with E-state index in [0.717, 1.165) is 25.0 Å². The lowest BCUT2D eigenvalue weighted by atomic mass is 9.90. The van der Waals surface area contributed by atoms with Gasteiger partial charge in [0.15, 0.2) is 6.61 Å². The highest BCUT2D eigenvalue weighted by Crippen LogP contribution is 2.32. The Hall–Kier alpha value is -3.12. The van der Waals surface area contributed by atoms with E-state index in [2.05, 4.69) is 12.2 Å². The third kappa shape index (κ3) is 5.07. The van der Waals surface area contributed by atoms with E-state index < -0.39 is 5.97 Å². The van der Waals surface area contributed by atoms with E-state index in [0.29, 0.717) is 22.2 Å². The van der Waals surface area contributed by atoms with Gasteiger partial charge in [-0.1, -0.05) is 25.1 Å². The van der Waals surface area contributed by atoms with Crippen LogP contribution in [0, 0.1) is 5.92 Å². The molecule has 154 valence electrons. The molecule has 6 heteroatoms. The summed E-state index contributed by atoms with van der Waals surface area (Å²) >= 11 is 1.48. The fourth-order valence-corrected chi connectivity index (χ4v) is 4.54. The fourth-order valence-electron chi connectivity index (χ4n) is 3.44. The van der Waals surface area contributed by atoms with Crippen molar-refractivity contribution in [3.05, 3.63) is 76.0 Å². The molecule has 1 amide bonds. The van der Waals surface area contributed by atoms with E-state index in [9.17, 15) is 9.59 Å². The SMILES string of the molecule is C[C@H]1CCc2sc(C(=O)OCC(=O)Nc3ccc(Oc4ccccc4)cc3)cc2C1. The molecule has 1 N–H and O–H groups in total. The Bertz CT molecular complexity index is 1030. The monoisotopic (exact) mass is 421 g/mol. The molecule has 1 aromatic heterocycles. The van der Waals surface area contributed by atoms with Crippen LogP contribution in [0.4, 0.5) is 5.69 Å². The number of hydrogen-bond donors (Lipinski definition) is 1. The van der Waals surface area contributed by atoms with Crippen molar-refractivity contribution in [1.29, 1.82) is 0 Å². The lowest BCUT2D eigenvalue weighted by Gasteiger charge is -2.16. The number of thiophene rings is 1. The predicted molar refractivity (Wildman–Crippen MR) is 117 cm³/mol. The van der Waals surface area contributed by atoms with Crippen molar-refractivity contribution >= 4 is 28.9 Å². The molecule has 1 atom stereocenters. The van der Waals surface area contributed by atoms with E-state index >= 15 is 0 Å². The number of anilines is 1. The first-order valence-corrected chi connectivity index (χ1v) is 10.8. The average molecular weight is 422 g/mol. The van der Waals surface area contributed by atoms with Crippen molar-refractivity contribution in [2.24, 2.45) is 5.92 Å². The van der Waals surface area contributed by atoms with Gasteiger partial charge < -0.3 is 14.8 Å². The van der Waals surface area contributed by atoms with Crippen molar-refractivity contribution in [2.75, 3.05) is 11.9 Å². The predicted octanol–water partition coefficient (Wildman–Crippen LogP) is 5.46. The number of nitrogens with one attached hydrogen (secondary N) is 1. The van der Waals surface area contributed by atoms with Crippen molar-refractivity contribution in [3.63, 3.8) is 0 Å². The Labute approximate surface area is 179 Å². The lowest BCUT2D eigenvalue weighted by Crippen LogP contribution is -2.20. The van der Waals surface area contributed by atoms with Crippen LogP contribution in [0.5, 0.6) is 11.5 Å². The summed E-state index contributed by atoms with van der Waals surface area (Å²) in [7, 11) is 0. The summed E-state index contributed by atoms with van der Waals surface area (Å²) in [4.78, 5) is 26.3. The van der Waals surface area contributed by atoms with E-state index in [4.69, 9.17) is 9.47 Å². The fraction of sp³-hybridized carbons (Fsp3) is 0.250. The van der Waals surface area contributed by atoms with Crippen LogP contribution in [0.1, 0.15) is 33.5 Å². The number of rotatable bonds is 6. The van der Waals surface area contributed by atoms with Crippen LogP contribution in [-0.2, 0) is 22.4 Å². The van der Waals surface area contributed by atoms with Crippen molar-refractivity contribution in [3.8, 4) is 11.5 Å². The minimum absolute atomic E-state index is 0.319. The van der Waals surface area contributed by atoms with Gasteiger partial charge in [-0.2, -0.15) is 0 Å². The quantitative estimate of drug-likeness (QED) is 0.537. The number of fused-ring (bicyclic) bond motifs is 1. The normalized spacial score (nSPS) is 15.2. The second-order valence-corrected chi connectivity index (χ2v) is 8.61. The number of amides is 1. The molecule has 1 heterocycles. The van der Waals surface area contributed by atoms with Gasteiger partial charge in [0.2, 0.25) is 0 Å². The molecule has 0 saturated heterocycles. The Morgan fingerprint density at radius 2 is 1.80 bits per heavy atom. The molecule has 3 aromatic rings. The highest BCUT2D eigenvalue weighted by molar-refractivity contribution is 7.14. The summed E-state index contributed by atoms with van der Waals surface area (Å²) in [6, 6.07) is 18.4. The van der Waals surface area contributed by atoms with Gasteiger partial charge in [0.05, 0.1) is 0 Å². The third-order valence-corrected chi connectivity index (χ3v) is 6.20. The molecule has 0 saturated carbocycles. The summed E-state index contributed by atoms with van der Waals surface area (Å²) in [5, 5.41) is 2.73. The Kier molecular flexibility index (Phi) is 6.14. The van der Waals surface area contributed by atoms with Gasteiger partial charge in [-0.15, -0.1) is 11.3 Å². The molecule has 30 heavy (non-hydrogen) atoms. The van der Waals surface area contributed by atoms with Crippen molar-refractivity contribution < 1.29 is 19.1 Å². The average Bonchev–Trinajstić information content (AvgIpc) is 3.17. The molecule has 0 radical (unpaired) electrons. The summed E-state index contributed by atoms with van der Waals surface area (Å²) in [6.45, 7) is 1.91. The van der Waals surface area contributed by atoms with E-state index in [1.165, 1.54) is 21.8 Å². The number of carbonyl (C=O) groups is 2. The molecular weight excluding hydrogens is 398 g/mol. The third-order valence-electron chi connectivity index (χ3n) is 4.98. The topological polar surface area (TPSA) is 64.6 Å². The molecular formula is C24H23NO4S. The maximum atomic E-state index is 12.3. The number of para-hydroxylation sites is 1. The molecule has 5 nitrogen and oxygen atoms in total. The first-order chi connectivity index (χ1) is 14.6. The lowest BCUT2D eigenvalue weighted by molar-refractivity contribution is -0.119. The maximum absolute atomic E-state index is 12.3. The number of carbonyl (C=O) groups excluding carboxylic acids is 2. The molecule has 0 spiro atoms. The Balaban J connectivity index is 1.27. The van der Waals surface area contributed by atoms with Crippen LogP contribution < -0.4 is 10.1 Å². The summed E-state index contributed by atoms with van der Waals surface area (Å²) in [6.07, 6.45) is 3.17. The van der Waals surface area contributed by atoms with Crippen LogP contribution >= 0.6 is 11.3 Å². The van der Waals surface area contributed by atoms with E-state index in [1.807, 2.05) is 36.4 Å². The van der Waals surface area contributed by atoms with Crippen molar-refractivity contribution in [1.82, 2.24) is 0 Å². The second-order valence-electron chi connectivity index (χ2n) is 7.47. The summed E-state index contributed by atoms with van der Waals surface area (Å²) < 4.78 is 10.9. The van der Waals surface area contributed by atoms with Crippen LogP contribution in [0.25, 0.3) is 0 Å².